The van der Waals surface area contributed by atoms with Gasteiger partial charge in [0, 0.05) is 30.9 Å². The Morgan fingerprint density at radius 2 is 1.86 bits per heavy atom. The first-order chi connectivity index (χ1) is 13.6. The van der Waals surface area contributed by atoms with Gasteiger partial charge in [0.05, 0.1) is 0 Å². The van der Waals surface area contributed by atoms with Gasteiger partial charge in [-0.1, -0.05) is 37.3 Å². The van der Waals surface area contributed by atoms with Gasteiger partial charge in [-0.15, -0.1) is 0 Å². The van der Waals surface area contributed by atoms with E-state index in [4.69, 9.17) is 0 Å². The van der Waals surface area contributed by atoms with E-state index >= 15 is 0 Å². The predicted octanol–water partition coefficient (Wildman–Crippen LogP) is 3.86. The highest BCUT2D eigenvalue weighted by atomic mass is 16.2. The van der Waals surface area contributed by atoms with Gasteiger partial charge in [0.1, 0.15) is 23.9 Å². The van der Waals surface area contributed by atoms with E-state index in [2.05, 4.69) is 53.1 Å². The minimum atomic E-state index is 0.000196. The number of carbonyl (C=O) groups is 1. The van der Waals surface area contributed by atoms with Gasteiger partial charge in [0.2, 0.25) is 5.91 Å². The van der Waals surface area contributed by atoms with Crippen LogP contribution in [0.25, 0.3) is 22.2 Å². The maximum atomic E-state index is 12.6. The van der Waals surface area contributed by atoms with Crippen LogP contribution >= 0.6 is 0 Å². The van der Waals surface area contributed by atoms with Gasteiger partial charge in [0.25, 0.3) is 0 Å². The fourth-order valence-electron chi connectivity index (χ4n) is 3.40. The smallest absolute Gasteiger partial charge is 0.240 e. The number of fused-ring (bicyclic) bond motifs is 1. The largest absolute Gasteiger partial charge is 0.355 e. The number of carbonyl (C=O) groups excluding carboxylic acids is 1. The molecule has 1 N–H and O–H groups in total. The van der Waals surface area contributed by atoms with Gasteiger partial charge in [-0.2, -0.15) is 0 Å². The van der Waals surface area contributed by atoms with Crippen molar-refractivity contribution in [3.63, 3.8) is 0 Å². The van der Waals surface area contributed by atoms with E-state index in [0.29, 0.717) is 0 Å². The minimum Gasteiger partial charge on any atom is -0.355 e. The Balaban J connectivity index is 2.14. The van der Waals surface area contributed by atoms with E-state index in [1.54, 1.807) is 6.33 Å². The molecule has 0 saturated carbocycles. The van der Waals surface area contributed by atoms with Crippen molar-refractivity contribution in [1.82, 2.24) is 19.9 Å². The Morgan fingerprint density at radius 3 is 2.50 bits per heavy atom. The molecule has 2 aromatic heterocycles. The van der Waals surface area contributed by atoms with Crippen LogP contribution < -0.4 is 10.2 Å². The third-order valence-electron chi connectivity index (χ3n) is 5.11. The van der Waals surface area contributed by atoms with Crippen LogP contribution in [0.2, 0.25) is 0 Å². The molecule has 6 heteroatoms. The van der Waals surface area contributed by atoms with Gasteiger partial charge < -0.3 is 14.8 Å². The molecule has 148 valence electrons. The van der Waals surface area contributed by atoms with Crippen molar-refractivity contribution < 1.29 is 4.79 Å². The summed E-state index contributed by atoms with van der Waals surface area (Å²) in [4.78, 5) is 23.9. The average molecular weight is 380 g/mol. The third kappa shape index (κ3) is 4.01. The zero-order valence-electron chi connectivity index (χ0n) is 17.1. The number of rotatable bonds is 8. The number of hydrogen-bond donors (Lipinski definition) is 1. The Bertz CT molecular complexity index is 931. The highest BCUT2D eigenvalue weighted by Gasteiger charge is 2.20. The molecule has 1 aromatic carbocycles. The van der Waals surface area contributed by atoms with Crippen LogP contribution in [0, 0.1) is 0 Å². The van der Waals surface area contributed by atoms with Crippen molar-refractivity contribution >= 4 is 22.8 Å². The average Bonchev–Trinajstić information content (AvgIpc) is 3.08. The zero-order chi connectivity index (χ0) is 20.1. The molecule has 2 heterocycles. The molecule has 0 aliphatic carbocycles. The molecule has 0 aliphatic rings. The molecule has 28 heavy (non-hydrogen) atoms. The van der Waals surface area contributed by atoms with Crippen molar-refractivity contribution in [3.05, 3.63) is 42.9 Å². The summed E-state index contributed by atoms with van der Waals surface area (Å²) in [5.74, 6) is 0.869. The molecular weight excluding hydrogens is 350 g/mol. The van der Waals surface area contributed by atoms with Gasteiger partial charge in [-0.3, -0.25) is 4.79 Å². The Morgan fingerprint density at radius 1 is 1.14 bits per heavy atom. The van der Waals surface area contributed by atoms with Gasteiger partial charge in [-0.05, 0) is 32.8 Å². The summed E-state index contributed by atoms with van der Waals surface area (Å²) in [6.45, 7) is 10.2. The van der Waals surface area contributed by atoms with E-state index in [1.165, 1.54) is 0 Å². The summed E-state index contributed by atoms with van der Waals surface area (Å²) in [7, 11) is 0. The molecular formula is C22H29N5O. The third-order valence-corrected chi connectivity index (χ3v) is 5.11. The van der Waals surface area contributed by atoms with Gasteiger partial charge >= 0.3 is 0 Å². The van der Waals surface area contributed by atoms with Crippen LogP contribution in [-0.2, 0) is 11.3 Å². The summed E-state index contributed by atoms with van der Waals surface area (Å²) in [5, 5.41) is 3.05. The number of nitrogens with one attached hydrogen (secondary N) is 1. The van der Waals surface area contributed by atoms with E-state index in [-0.39, 0.29) is 18.5 Å². The number of amides is 1. The van der Waals surface area contributed by atoms with Crippen LogP contribution in [0.15, 0.2) is 42.9 Å². The molecule has 0 unspecified atom stereocenters. The monoisotopic (exact) mass is 379 g/mol. The molecule has 6 nitrogen and oxygen atoms in total. The summed E-state index contributed by atoms with van der Waals surface area (Å²) in [6.07, 6.45) is 4.55. The molecule has 0 aliphatic heterocycles. The second kappa shape index (κ2) is 8.87. The fourth-order valence-corrected chi connectivity index (χ4v) is 3.40. The Kier molecular flexibility index (Phi) is 6.29. The Hall–Kier alpha value is -2.89. The highest BCUT2D eigenvalue weighted by Crippen LogP contribution is 2.33. The zero-order valence-corrected chi connectivity index (χ0v) is 17.1. The lowest BCUT2D eigenvalue weighted by Gasteiger charge is -2.21. The molecule has 0 radical (unpaired) electrons. The van der Waals surface area contributed by atoms with E-state index in [1.807, 2.05) is 35.9 Å². The molecule has 0 bridgehead atoms. The second-order valence-corrected chi connectivity index (χ2v) is 6.98. The maximum Gasteiger partial charge on any atom is 0.240 e. The molecule has 0 spiro atoms. The van der Waals surface area contributed by atoms with E-state index in [0.717, 1.165) is 47.5 Å². The van der Waals surface area contributed by atoms with Crippen LogP contribution in [0.5, 0.6) is 0 Å². The molecule has 0 saturated heterocycles. The lowest BCUT2D eigenvalue weighted by molar-refractivity contribution is -0.122. The first-order valence-corrected chi connectivity index (χ1v) is 10.0. The summed E-state index contributed by atoms with van der Waals surface area (Å²) in [5.41, 5.74) is 3.88. The standard InChI is InChI=1S/C22H29N5O/c1-5-16(4)25-19(28)14-27-13-18(17-11-9-8-10-12-17)20-21(27)22(24-15-23-20)26(6-2)7-3/h8-13,15-16H,5-7,14H2,1-4H3,(H,25,28)/t16-/m1/s1. The van der Waals surface area contributed by atoms with Crippen molar-refractivity contribution in [1.29, 1.82) is 0 Å². The predicted molar refractivity (Wildman–Crippen MR) is 114 cm³/mol. The van der Waals surface area contributed by atoms with Crippen molar-refractivity contribution in [2.24, 2.45) is 0 Å². The number of nitrogens with zero attached hydrogens (tertiary/aromatic N) is 4. The maximum absolute atomic E-state index is 12.6. The van der Waals surface area contributed by atoms with Crippen molar-refractivity contribution in [2.45, 2.75) is 46.7 Å². The van der Waals surface area contributed by atoms with Crippen LogP contribution in [0.1, 0.15) is 34.1 Å². The number of aromatic nitrogens is 3. The molecule has 0 fully saturated rings. The first-order valence-electron chi connectivity index (χ1n) is 10.0. The summed E-state index contributed by atoms with van der Waals surface area (Å²) >= 11 is 0. The molecule has 3 rings (SSSR count). The number of anilines is 1. The van der Waals surface area contributed by atoms with Gasteiger partial charge in [-0.25, -0.2) is 9.97 Å². The van der Waals surface area contributed by atoms with Crippen LogP contribution in [0.4, 0.5) is 5.82 Å². The van der Waals surface area contributed by atoms with Crippen LogP contribution in [0.3, 0.4) is 0 Å². The van der Waals surface area contributed by atoms with Crippen molar-refractivity contribution in [2.75, 3.05) is 18.0 Å². The topological polar surface area (TPSA) is 63.1 Å². The lowest BCUT2D eigenvalue weighted by atomic mass is 10.1. The number of hydrogen-bond acceptors (Lipinski definition) is 4. The minimum absolute atomic E-state index is 0.000196. The SMILES string of the molecule is CC[C@@H](C)NC(=O)Cn1cc(-c2ccccc2)c2ncnc(N(CC)CC)c21. The second-order valence-electron chi connectivity index (χ2n) is 6.98. The molecule has 1 amide bonds. The number of benzene rings is 1. The highest BCUT2D eigenvalue weighted by molar-refractivity contribution is 5.99. The van der Waals surface area contributed by atoms with E-state index < -0.39 is 0 Å². The summed E-state index contributed by atoms with van der Waals surface area (Å²) < 4.78 is 1.99. The van der Waals surface area contributed by atoms with Crippen molar-refractivity contribution in [3.8, 4) is 11.1 Å². The lowest BCUT2D eigenvalue weighted by Crippen LogP contribution is -2.34. The Labute approximate surface area is 166 Å². The van der Waals surface area contributed by atoms with Gasteiger partial charge in [0.15, 0.2) is 5.82 Å². The quantitative estimate of drug-likeness (QED) is 0.645. The first kappa shape index (κ1) is 19.9. The fraction of sp³-hybridized carbons (Fsp3) is 0.409. The molecule has 3 aromatic rings. The molecule has 1 atom stereocenters. The normalized spacial score (nSPS) is 12.1. The van der Waals surface area contributed by atoms with E-state index in [9.17, 15) is 4.79 Å². The summed E-state index contributed by atoms with van der Waals surface area (Å²) in [6, 6.07) is 10.3. The van der Waals surface area contributed by atoms with Crippen LogP contribution in [-0.4, -0.2) is 39.6 Å².